The van der Waals surface area contributed by atoms with Gasteiger partial charge in [0.25, 0.3) is 5.91 Å². The van der Waals surface area contributed by atoms with Gasteiger partial charge in [0.2, 0.25) is 11.8 Å². The van der Waals surface area contributed by atoms with Gasteiger partial charge in [-0.2, -0.15) is 0 Å². The van der Waals surface area contributed by atoms with Crippen molar-refractivity contribution in [3.63, 3.8) is 0 Å². The third-order valence-electron chi connectivity index (χ3n) is 3.97. The lowest BCUT2D eigenvalue weighted by atomic mass is 10.1. The number of ether oxygens (including phenoxy) is 1. The van der Waals surface area contributed by atoms with Crippen LogP contribution < -0.4 is 16.0 Å². The Balaban J connectivity index is 2.29. The summed E-state index contributed by atoms with van der Waals surface area (Å²) < 4.78 is 5.08. The fourth-order valence-corrected chi connectivity index (χ4v) is 4.64. The van der Waals surface area contributed by atoms with Crippen molar-refractivity contribution in [2.24, 2.45) is 0 Å². The molecule has 2 rings (SSSR count). The molecule has 0 fully saturated rings. The second kappa shape index (κ2) is 10.2. The van der Waals surface area contributed by atoms with Gasteiger partial charge in [-0.3, -0.25) is 14.4 Å². The van der Waals surface area contributed by atoms with Crippen LogP contribution in [0, 0.1) is 6.92 Å². The Morgan fingerprint density at radius 2 is 1.97 bits per heavy atom. The van der Waals surface area contributed by atoms with Crippen LogP contribution in [0.4, 0.5) is 5.00 Å². The largest absolute Gasteiger partial charge is 0.462 e. The second-order valence-corrected chi connectivity index (χ2v) is 8.08. The molecular formula is C19H23N3O5S2. The lowest BCUT2D eigenvalue weighted by Gasteiger charge is -2.16. The van der Waals surface area contributed by atoms with E-state index in [1.54, 1.807) is 13.8 Å². The highest BCUT2D eigenvalue weighted by atomic mass is 32.1. The molecule has 0 aliphatic rings. The molecule has 8 nitrogen and oxygen atoms in total. The minimum absolute atomic E-state index is 0.0192. The maximum absolute atomic E-state index is 12.7. The summed E-state index contributed by atoms with van der Waals surface area (Å²) in [6.07, 6.45) is -0.0192. The molecule has 3 amide bonds. The molecule has 0 radical (unpaired) electrons. The molecule has 0 aromatic carbocycles. The van der Waals surface area contributed by atoms with Gasteiger partial charge in [0.15, 0.2) is 0 Å². The number of anilines is 1. The van der Waals surface area contributed by atoms with E-state index in [-0.39, 0.29) is 35.4 Å². The van der Waals surface area contributed by atoms with Crippen molar-refractivity contribution in [2.75, 3.05) is 19.0 Å². The molecule has 2 aromatic rings. The highest BCUT2D eigenvalue weighted by Crippen LogP contribution is 2.34. The van der Waals surface area contributed by atoms with Gasteiger partial charge in [-0.1, -0.05) is 6.07 Å². The van der Waals surface area contributed by atoms with E-state index in [0.29, 0.717) is 10.4 Å². The molecule has 0 saturated carbocycles. The molecule has 156 valence electrons. The Bertz CT molecular complexity index is 905. The Kier molecular flexibility index (Phi) is 7.91. The summed E-state index contributed by atoms with van der Waals surface area (Å²) >= 11 is 2.44. The molecule has 10 heteroatoms. The highest BCUT2D eigenvalue weighted by Gasteiger charge is 2.27. The molecule has 29 heavy (non-hydrogen) atoms. The van der Waals surface area contributed by atoms with Gasteiger partial charge in [-0.05, 0) is 30.9 Å². The van der Waals surface area contributed by atoms with Gasteiger partial charge in [-0.25, -0.2) is 4.79 Å². The van der Waals surface area contributed by atoms with Crippen molar-refractivity contribution < 1.29 is 23.9 Å². The molecule has 0 bridgehead atoms. The monoisotopic (exact) mass is 437 g/mol. The van der Waals surface area contributed by atoms with Crippen LogP contribution in [0.15, 0.2) is 17.5 Å². The normalized spacial score (nSPS) is 11.4. The quantitative estimate of drug-likeness (QED) is 0.550. The number of thiophene rings is 2. The topological polar surface area (TPSA) is 114 Å². The Morgan fingerprint density at radius 1 is 1.24 bits per heavy atom. The molecule has 2 aromatic heterocycles. The molecular weight excluding hydrogens is 414 g/mol. The number of esters is 1. The first-order chi connectivity index (χ1) is 13.8. The number of carbonyl (C=O) groups excluding carboxylic acids is 4. The minimum atomic E-state index is -0.608. The van der Waals surface area contributed by atoms with Crippen LogP contribution in [-0.4, -0.2) is 37.3 Å². The van der Waals surface area contributed by atoms with E-state index in [9.17, 15) is 19.2 Å². The number of carbonyl (C=O) groups is 4. The molecule has 3 N–H and O–H groups in total. The van der Waals surface area contributed by atoms with Crippen LogP contribution >= 0.6 is 22.7 Å². The number of rotatable bonds is 8. The molecule has 0 spiro atoms. The third-order valence-corrected chi connectivity index (χ3v) is 6.16. The predicted octanol–water partition coefficient (Wildman–Crippen LogP) is 2.86. The Hall–Kier alpha value is -2.72. The van der Waals surface area contributed by atoms with Crippen LogP contribution in [0.1, 0.15) is 56.8 Å². The van der Waals surface area contributed by atoms with Gasteiger partial charge in [-0.15, -0.1) is 22.7 Å². The van der Waals surface area contributed by atoms with E-state index in [2.05, 4.69) is 16.0 Å². The van der Waals surface area contributed by atoms with E-state index in [0.717, 1.165) is 16.2 Å². The first-order valence-electron chi connectivity index (χ1n) is 8.91. The van der Waals surface area contributed by atoms with Crippen molar-refractivity contribution in [1.82, 2.24) is 10.6 Å². The summed E-state index contributed by atoms with van der Waals surface area (Å²) in [5.74, 6) is -1.61. The van der Waals surface area contributed by atoms with Crippen molar-refractivity contribution in [1.29, 1.82) is 0 Å². The Morgan fingerprint density at radius 3 is 2.52 bits per heavy atom. The first-order valence-corrected chi connectivity index (χ1v) is 10.6. The summed E-state index contributed by atoms with van der Waals surface area (Å²) in [6, 6.07) is 3.18. The summed E-state index contributed by atoms with van der Waals surface area (Å²) in [4.78, 5) is 49.9. The van der Waals surface area contributed by atoms with E-state index in [1.807, 2.05) is 17.5 Å². The number of amides is 3. The maximum atomic E-state index is 12.7. The molecule has 2 heterocycles. The van der Waals surface area contributed by atoms with Crippen molar-refractivity contribution in [3.8, 4) is 0 Å². The smallest absolute Gasteiger partial charge is 0.341 e. The second-order valence-electron chi connectivity index (χ2n) is 6.08. The van der Waals surface area contributed by atoms with Crippen molar-refractivity contribution in [3.05, 3.63) is 38.4 Å². The van der Waals surface area contributed by atoms with Crippen LogP contribution in [0.5, 0.6) is 0 Å². The predicted molar refractivity (Wildman–Crippen MR) is 113 cm³/mol. The third kappa shape index (κ3) is 5.64. The Labute approximate surface area is 176 Å². The van der Waals surface area contributed by atoms with Gasteiger partial charge >= 0.3 is 5.97 Å². The average Bonchev–Trinajstić information content (AvgIpc) is 3.28. The van der Waals surface area contributed by atoms with Gasteiger partial charge in [0, 0.05) is 18.8 Å². The van der Waals surface area contributed by atoms with Crippen LogP contribution in [0.3, 0.4) is 0 Å². The van der Waals surface area contributed by atoms with Crippen LogP contribution in [-0.2, 0) is 14.3 Å². The molecule has 1 atom stereocenters. The van der Waals surface area contributed by atoms with E-state index in [4.69, 9.17) is 4.74 Å². The summed E-state index contributed by atoms with van der Waals surface area (Å²) in [5, 5.41) is 10.1. The van der Waals surface area contributed by atoms with Crippen LogP contribution in [0.2, 0.25) is 0 Å². The minimum Gasteiger partial charge on any atom is -0.462 e. The zero-order valence-electron chi connectivity index (χ0n) is 16.6. The van der Waals surface area contributed by atoms with Crippen molar-refractivity contribution in [2.45, 2.75) is 33.2 Å². The number of hydrogen-bond acceptors (Lipinski definition) is 7. The van der Waals surface area contributed by atoms with Crippen LogP contribution in [0.25, 0.3) is 0 Å². The lowest BCUT2D eigenvalue weighted by Crippen LogP contribution is -2.29. The number of nitrogens with one attached hydrogen (secondary N) is 3. The SMILES string of the molecule is CCOC(=O)c1c(NC(=O)C[C@@H](NC(C)=O)c2cccs2)sc(C(=O)NC)c1C. The summed E-state index contributed by atoms with van der Waals surface area (Å²) in [7, 11) is 1.49. The fourth-order valence-electron chi connectivity index (χ4n) is 2.70. The van der Waals surface area contributed by atoms with Crippen molar-refractivity contribution >= 4 is 51.4 Å². The van der Waals surface area contributed by atoms with E-state index < -0.39 is 17.9 Å². The molecule has 0 aliphatic heterocycles. The van der Waals surface area contributed by atoms with Gasteiger partial charge in [0.05, 0.1) is 29.5 Å². The van der Waals surface area contributed by atoms with Gasteiger partial charge < -0.3 is 20.7 Å². The summed E-state index contributed by atoms with van der Waals surface area (Å²) in [5.41, 5.74) is 0.607. The number of hydrogen-bond donors (Lipinski definition) is 3. The standard InChI is InChI=1S/C19H23N3O5S2/c1-5-27-19(26)15-10(2)16(17(25)20-4)29-18(15)22-14(24)9-12(21-11(3)23)13-7-6-8-28-13/h6-8,12H,5,9H2,1-4H3,(H,20,25)(H,21,23)(H,22,24)/t12-/m1/s1. The average molecular weight is 438 g/mol. The fraction of sp³-hybridized carbons (Fsp3) is 0.368. The zero-order chi connectivity index (χ0) is 21.6. The maximum Gasteiger partial charge on any atom is 0.341 e. The molecule has 0 aliphatic carbocycles. The van der Waals surface area contributed by atoms with E-state index in [1.165, 1.54) is 25.3 Å². The molecule has 0 unspecified atom stereocenters. The molecule has 0 saturated heterocycles. The van der Waals surface area contributed by atoms with E-state index >= 15 is 0 Å². The van der Waals surface area contributed by atoms with Gasteiger partial charge in [0.1, 0.15) is 5.00 Å². The highest BCUT2D eigenvalue weighted by molar-refractivity contribution is 7.18. The lowest BCUT2D eigenvalue weighted by molar-refractivity contribution is -0.120. The first kappa shape index (κ1) is 22.6. The summed E-state index contributed by atoms with van der Waals surface area (Å²) in [6.45, 7) is 4.86. The zero-order valence-corrected chi connectivity index (χ0v) is 18.2.